The minimum atomic E-state index is -1.77. The van der Waals surface area contributed by atoms with E-state index in [2.05, 4.69) is 6.58 Å². The first-order chi connectivity index (χ1) is 32.6. The minimum absolute atomic E-state index is 0.0799. The van der Waals surface area contributed by atoms with Crippen LogP contribution in [0.5, 0.6) is 0 Å². The Morgan fingerprint density at radius 2 is 0.910 bits per heavy atom. The Morgan fingerprint density at radius 1 is 0.507 bits per heavy atom. The second-order valence-electron chi connectivity index (χ2n) is 15.0. The molecule has 7 rings (SSSR count). The molecule has 0 unspecified atom stereocenters. The van der Waals surface area contributed by atoms with E-state index in [-0.39, 0.29) is 34.4 Å². The zero-order chi connectivity index (χ0) is 47.1. The molecule has 0 aromatic heterocycles. The Bertz CT molecular complexity index is 2450. The summed E-state index contributed by atoms with van der Waals surface area (Å²) in [5.41, 5.74) is 0.645. The Hall–Kier alpha value is -7.50. The predicted molar refractivity (Wildman–Crippen MR) is 234 cm³/mol. The van der Waals surface area contributed by atoms with Crippen molar-refractivity contribution in [3.63, 3.8) is 0 Å². The summed E-state index contributed by atoms with van der Waals surface area (Å²) in [4.78, 5) is 81.8. The van der Waals surface area contributed by atoms with Crippen LogP contribution < -0.4 is 0 Å². The lowest BCUT2D eigenvalue weighted by atomic mass is 9.97. The molecule has 5 aromatic rings. The molecule has 0 spiro atoms. The van der Waals surface area contributed by atoms with Crippen molar-refractivity contribution >= 4 is 35.8 Å². The van der Waals surface area contributed by atoms with Crippen LogP contribution in [0.3, 0.4) is 0 Å². The van der Waals surface area contributed by atoms with Gasteiger partial charge in [-0.25, -0.2) is 24.0 Å². The van der Waals surface area contributed by atoms with E-state index in [1.165, 1.54) is 66.7 Å². The molecule has 67 heavy (non-hydrogen) atoms. The minimum Gasteiger partial charge on any atom is -0.459 e. The van der Waals surface area contributed by atoms with Crippen LogP contribution in [0.2, 0.25) is 0 Å². The maximum absolute atomic E-state index is 14.0. The molecular formula is C51H46O16. The Balaban J connectivity index is 1.32. The second-order valence-corrected chi connectivity index (χ2v) is 15.0. The van der Waals surface area contributed by atoms with Gasteiger partial charge in [0.2, 0.25) is 0 Å². The topological polar surface area (TPSA) is 195 Å². The fraction of sp³-hybridized carbons (Fsp3) is 0.255. The van der Waals surface area contributed by atoms with Crippen molar-refractivity contribution < 1.29 is 76.1 Å². The Labute approximate surface area is 385 Å². The van der Waals surface area contributed by atoms with Gasteiger partial charge < -0.3 is 47.4 Å². The summed E-state index contributed by atoms with van der Waals surface area (Å²) in [6.07, 6.45) is -12.9. The lowest BCUT2D eigenvalue weighted by Gasteiger charge is -2.47. The van der Waals surface area contributed by atoms with Crippen LogP contribution >= 0.6 is 0 Å². The number of ether oxygens (including phenoxy) is 10. The number of hydrogen-bond donors (Lipinski definition) is 0. The standard InChI is InChI=1S/C51H46O16/c1-3-29-58-50-44(61-32(2)52)42(65-48(56)36-25-15-7-16-26-36)40(39(63-50)30-59-45(53)33-19-9-4-10-20-33)67-51-43(66-49(57)37-27-17-8-18-28-37)41(64-47(55)35-23-13-6-14-24-35)38(31-60-51)62-46(54)34-21-11-5-12-22-34/h3-28,38-44,50-51H,1,29-31H2,2H3/t38-,39-,40-,41+,42+,43-,44+,50+,51+/m1/s1. The maximum Gasteiger partial charge on any atom is 0.338 e. The van der Waals surface area contributed by atoms with Gasteiger partial charge in [-0.3, -0.25) is 4.79 Å². The van der Waals surface area contributed by atoms with Crippen molar-refractivity contribution in [2.45, 2.75) is 62.2 Å². The number of rotatable bonds is 17. The quantitative estimate of drug-likeness (QED) is 0.0569. The highest BCUT2D eigenvalue weighted by molar-refractivity contribution is 5.92. The van der Waals surface area contributed by atoms with Gasteiger partial charge in [0, 0.05) is 6.92 Å². The highest BCUT2D eigenvalue weighted by Crippen LogP contribution is 2.35. The zero-order valence-electron chi connectivity index (χ0n) is 36.1. The molecule has 0 amide bonds. The van der Waals surface area contributed by atoms with E-state index in [0.717, 1.165) is 6.92 Å². The van der Waals surface area contributed by atoms with Gasteiger partial charge in [0.25, 0.3) is 0 Å². The molecule has 0 bridgehead atoms. The van der Waals surface area contributed by atoms with E-state index < -0.39 is 104 Å². The van der Waals surface area contributed by atoms with E-state index in [1.54, 1.807) is 91.0 Å². The molecule has 2 aliphatic rings. The average Bonchev–Trinajstić information content (AvgIpc) is 3.36. The fourth-order valence-electron chi connectivity index (χ4n) is 7.20. The van der Waals surface area contributed by atoms with Crippen LogP contribution in [0, 0.1) is 0 Å². The van der Waals surface area contributed by atoms with Crippen LogP contribution in [0.25, 0.3) is 0 Å². The summed E-state index contributed by atoms with van der Waals surface area (Å²) >= 11 is 0. The Morgan fingerprint density at radius 3 is 1.36 bits per heavy atom. The van der Waals surface area contributed by atoms with E-state index in [0.29, 0.717) is 0 Å². The summed E-state index contributed by atoms with van der Waals surface area (Å²) < 4.78 is 61.0. The first-order valence-corrected chi connectivity index (χ1v) is 21.2. The highest BCUT2D eigenvalue weighted by atomic mass is 16.8. The molecule has 2 fully saturated rings. The van der Waals surface area contributed by atoms with Crippen LogP contribution in [-0.4, -0.2) is 111 Å². The van der Waals surface area contributed by atoms with Crippen molar-refractivity contribution in [2.24, 2.45) is 0 Å². The summed E-state index contributed by atoms with van der Waals surface area (Å²) in [6.45, 7) is 3.59. The van der Waals surface area contributed by atoms with Gasteiger partial charge in [-0.2, -0.15) is 0 Å². The molecule has 2 aliphatic heterocycles. The number of hydrogen-bond acceptors (Lipinski definition) is 16. The third kappa shape index (κ3) is 12.4. The number of carbonyl (C=O) groups is 6. The van der Waals surface area contributed by atoms with E-state index in [4.69, 9.17) is 47.4 Å². The first-order valence-electron chi connectivity index (χ1n) is 21.2. The smallest absolute Gasteiger partial charge is 0.338 e. The molecule has 16 heteroatoms. The van der Waals surface area contributed by atoms with Gasteiger partial charge >= 0.3 is 35.8 Å². The van der Waals surface area contributed by atoms with Crippen LogP contribution in [0.4, 0.5) is 0 Å². The van der Waals surface area contributed by atoms with Gasteiger partial charge in [0.05, 0.1) is 41.0 Å². The van der Waals surface area contributed by atoms with Crippen molar-refractivity contribution in [3.05, 3.63) is 192 Å². The number of esters is 6. The Kier molecular flexibility index (Phi) is 16.4. The van der Waals surface area contributed by atoms with Crippen LogP contribution in [-0.2, 0) is 52.2 Å². The maximum atomic E-state index is 14.0. The number of benzene rings is 5. The molecule has 2 heterocycles. The van der Waals surface area contributed by atoms with Gasteiger partial charge in [-0.05, 0) is 60.7 Å². The molecule has 16 nitrogen and oxygen atoms in total. The molecule has 0 aliphatic carbocycles. The second kappa shape index (κ2) is 23.1. The highest BCUT2D eigenvalue weighted by Gasteiger charge is 2.56. The SMILES string of the molecule is C=CCO[C@H]1O[C@H](COC(=O)c2ccccc2)[C@@H](O[C@@H]2OC[C@@H](OC(=O)c3ccccc3)[C@H](OC(=O)c3ccccc3)[C@H]2OC(=O)c2ccccc2)[C@H](OC(=O)c2ccccc2)[C@@H]1OC(C)=O. The molecule has 0 saturated carbocycles. The molecule has 2 saturated heterocycles. The van der Waals surface area contributed by atoms with Crippen molar-refractivity contribution in [2.75, 3.05) is 19.8 Å². The molecule has 0 radical (unpaired) electrons. The van der Waals surface area contributed by atoms with E-state index in [9.17, 15) is 28.8 Å². The summed E-state index contributed by atoms with van der Waals surface area (Å²) in [5, 5.41) is 0. The largest absolute Gasteiger partial charge is 0.459 e. The summed E-state index contributed by atoms with van der Waals surface area (Å²) in [7, 11) is 0. The monoisotopic (exact) mass is 914 g/mol. The van der Waals surface area contributed by atoms with Crippen LogP contribution in [0.15, 0.2) is 164 Å². The summed E-state index contributed by atoms with van der Waals surface area (Å²) in [5.74, 6) is -5.09. The van der Waals surface area contributed by atoms with Gasteiger partial charge in [0.15, 0.2) is 43.1 Å². The van der Waals surface area contributed by atoms with Crippen LogP contribution in [0.1, 0.15) is 58.7 Å². The average molecular weight is 915 g/mol. The lowest BCUT2D eigenvalue weighted by Crippen LogP contribution is -2.65. The molecular weight excluding hydrogens is 869 g/mol. The van der Waals surface area contributed by atoms with Crippen molar-refractivity contribution in [1.82, 2.24) is 0 Å². The van der Waals surface area contributed by atoms with E-state index >= 15 is 0 Å². The molecule has 346 valence electrons. The predicted octanol–water partition coefficient (Wildman–Crippen LogP) is 6.35. The summed E-state index contributed by atoms with van der Waals surface area (Å²) in [6, 6.07) is 39.8. The third-order valence-corrected chi connectivity index (χ3v) is 10.4. The third-order valence-electron chi connectivity index (χ3n) is 10.4. The molecule has 9 atom stereocenters. The molecule has 0 N–H and O–H groups in total. The van der Waals surface area contributed by atoms with Gasteiger partial charge in [0.1, 0.15) is 18.8 Å². The first kappa shape index (κ1) is 47.5. The van der Waals surface area contributed by atoms with Gasteiger partial charge in [-0.1, -0.05) is 97.1 Å². The van der Waals surface area contributed by atoms with Crippen molar-refractivity contribution in [1.29, 1.82) is 0 Å². The lowest BCUT2D eigenvalue weighted by molar-refractivity contribution is -0.346. The van der Waals surface area contributed by atoms with Crippen molar-refractivity contribution in [3.8, 4) is 0 Å². The zero-order valence-corrected chi connectivity index (χ0v) is 36.1. The normalized spacial score (nSPS) is 23.3. The fourth-order valence-corrected chi connectivity index (χ4v) is 7.20. The van der Waals surface area contributed by atoms with E-state index in [1.807, 2.05) is 0 Å². The molecule has 5 aromatic carbocycles. The number of carbonyl (C=O) groups excluding carboxylic acids is 6. The van der Waals surface area contributed by atoms with Gasteiger partial charge in [-0.15, -0.1) is 6.58 Å².